The van der Waals surface area contributed by atoms with Gasteiger partial charge in [0.15, 0.2) is 0 Å². The molecule has 0 aromatic heterocycles. The molecule has 5 nitrogen and oxygen atoms in total. The zero-order valence-corrected chi connectivity index (χ0v) is 17.1. The number of carbonyl (C=O) groups is 2. The molecule has 2 aliphatic heterocycles. The molecule has 2 atom stereocenters. The van der Waals surface area contributed by atoms with Gasteiger partial charge in [0.05, 0.1) is 6.04 Å². The van der Waals surface area contributed by atoms with Crippen molar-refractivity contribution in [3.8, 4) is 0 Å². The Hall–Kier alpha value is -2.66. The third-order valence-corrected chi connectivity index (χ3v) is 5.74. The molecule has 2 amide bonds. The molecule has 1 N–H and O–H groups in total. The second-order valence-electron chi connectivity index (χ2n) is 8.15. The van der Waals surface area contributed by atoms with Gasteiger partial charge in [0, 0.05) is 24.4 Å². The highest BCUT2D eigenvalue weighted by molar-refractivity contribution is 5.98. The van der Waals surface area contributed by atoms with Crippen molar-refractivity contribution in [3.05, 3.63) is 64.7 Å². The summed E-state index contributed by atoms with van der Waals surface area (Å²) in [5.74, 6) is -0.124. The van der Waals surface area contributed by atoms with Gasteiger partial charge in [-0.15, -0.1) is 0 Å². The molecule has 0 saturated carbocycles. The van der Waals surface area contributed by atoms with Crippen LogP contribution in [-0.4, -0.2) is 36.0 Å². The minimum atomic E-state index is -0.387. The molecule has 29 heavy (non-hydrogen) atoms. The van der Waals surface area contributed by atoms with Crippen LogP contribution in [0.25, 0.3) is 0 Å². The summed E-state index contributed by atoms with van der Waals surface area (Å²) in [6, 6.07) is 13.8. The zero-order valence-electron chi connectivity index (χ0n) is 17.1. The molecule has 4 rings (SSSR count). The van der Waals surface area contributed by atoms with E-state index in [0.29, 0.717) is 17.9 Å². The monoisotopic (exact) mass is 392 g/mol. The van der Waals surface area contributed by atoms with Crippen molar-refractivity contribution in [2.45, 2.75) is 51.7 Å². The second-order valence-corrected chi connectivity index (χ2v) is 8.15. The standard InChI is InChI=1S/C24H28N2O3/c1-16-12-17(2)14-19(13-16)21-8-4-10-26(21)24(28)18-6-3-7-20(15-18)25-23(27)22-9-5-11-29-22/h3,6-7,12-15,21-22H,4-5,8-11H2,1-2H3,(H,25,27). The largest absolute Gasteiger partial charge is 0.368 e. The molecule has 5 heteroatoms. The number of benzene rings is 2. The summed E-state index contributed by atoms with van der Waals surface area (Å²) in [5, 5.41) is 2.89. The lowest BCUT2D eigenvalue weighted by atomic mass is 9.99. The summed E-state index contributed by atoms with van der Waals surface area (Å²) < 4.78 is 5.44. The summed E-state index contributed by atoms with van der Waals surface area (Å²) in [7, 11) is 0. The van der Waals surface area contributed by atoms with Gasteiger partial charge >= 0.3 is 0 Å². The molecule has 0 aliphatic carbocycles. The molecule has 2 unspecified atom stereocenters. The Morgan fingerprint density at radius 2 is 1.83 bits per heavy atom. The average molecular weight is 392 g/mol. The van der Waals surface area contributed by atoms with Crippen LogP contribution in [0.2, 0.25) is 0 Å². The van der Waals surface area contributed by atoms with E-state index in [0.717, 1.165) is 32.2 Å². The fourth-order valence-electron chi connectivity index (χ4n) is 4.46. The minimum absolute atomic E-state index is 0.0138. The van der Waals surface area contributed by atoms with Crippen molar-refractivity contribution < 1.29 is 14.3 Å². The highest BCUT2D eigenvalue weighted by Gasteiger charge is 2.31. The SMILES string of the molecule is Cc1cc(C)cc(C2CCCN2C(=O)c2cccc(NC(=O)C3CCCO3)c2)c1. The quantitative estimate of drug-likeness (QED) is 0.839. The van der Waals surface area contributed by atoms with Crippen molar-refractivity contribution in [3.63, 3.8) is 0 Å². The predicted molar refractivity (Wildman–Crippen MR) is 113 cm³/mol. The minimum Gasteiger partial charge on any atom is -0.368 e. The van der Waals surface area contributed by atoms with Gasteiger partial charge in [-0.25, -0.2) is 0 Å². The van der Waals surface area contributed by atoms with Gasteiger partial charge in [0.2, 0.25) is 0 Å². The molecule has 2 aromatic rings. The Balaban J connectivity index is 1.51. The van der Waals surface area contributed by atoms with Gasteiger partial charge in [-0.05, 0) is 63.3 Å². The summed E-state index contributed by atoms with van der Waals surface area (Å²) in [6.45, 7) is 5.57. The van der Waals surface area contributed by atoms with Gasteiger partial charge < -0.3 is 15.0 Å². The van der Waals surface area contributed by atoms with E-state index in [-0.39, 0.29) is 24.0 Å². The number of anilines is 1. The number of likely N-dealkylation sites (tertiary alicyclic amines) is 1. The van der Waals surface area contributed by atoms with Crippen molar-refractivity contribution in [1.82, 2.24) is 4.90 Å². The Morgan fingerprint density at radius 1 is 1.03 bits per heavy atom. The van der Waals surface area contributed by atoms with Crippen LogP contribution in [0.5, 0.6) is 0 Å². The number of ether oxygens (including phenoxy) is 1. The number of hydrogen-bond donors (Lipinski definition) is 1. The topological polar surface area (TPSA) is 58.6 Å². The summed E-state index contributed by atoms with van der Waals surface area (Å²) in [4.78, 5) is 27.6. The van der Waals surface area contributed by atoms with Gasteiger partial charge in [0.1, 0.15) is 6.10 Å². The van der Waals surface area contributed by atoms with E-state index in [1.807, 2.05) is 23.1 Å². The van der Waals surface area contributed by atoms with E-state index in [1.165, 1.54) is 16.7 Å². The lowest BCUT2D eigenvalue weighted by molar-refractivity contribution is -0.124. The number of amides is 2. The zero-order chi connectivity index (χ0) is 20.4. The molecule has 2 aromatic carbocycles. The molecule has 0 spiro atoms. The fraction of sp³-hybridized carbons (Fsp3) is 0.417. The van der Waals surface area contributed by atoms with Crippen molar-refractivity contribution >= 4 is 17.5 Å². The van der Waals surface area contributed by atoms with E-state index in [9.17, 15) is 9.59 Å². The average Bonchev–Trinajstić information content (AvgIpc) is 3.39. The van der Waals surface area contributed by atoms with Crippen molar-refractivity contribution in [1.29, 1.82) is 0 Å². The first-order valence-corrected chi connectivity index (χ1v) is 10.4. The van der Waals surface area contributed by atoms with Crippen LogP contribution in [-0.2, 0) is 9.53 Å². The molecule has 0 radical (unpaired) electrons. The molecule has 0 bridgehead atoms. The van der Waals surface area contributed by atoms with E-state index in [1.54, 1.807) is 6.07 Å². The van der Waals surface area contributed by atoms with Crippen LogP contribution >= 0.6 is 0 Å². The molecule has 2 aliphatic rings. The molecule has 2 heterocycles. The third kappa shape index (κ3) is 4.35. The van der Waals surface area contributed by atoms with E-state index in [4.69, 9.17) is 4.74 Å². The molecular weight excluding hydrogens is 364 g/mol. The number of aryl methyl sites for hydroxylation is 2. The predicted octanol–water partition coefficient (Wildman–Crippen LogP) is 4.40. The number of hydrogen-bond acceptors (Lipinski definition) is 3. The van der Waals surface area contributed by atoms with Crippen LogP contribution in [0.3, 0.4) is 0 Å². The number of carbonyl (C=O) groups excluding carboxylic acids is 2. The summed E-state index contributed by atoms with van der Waals surface area (Å²) in [6.07, 6.45) is 3.24. The lowest BCUT2D eigenvalue weighted by Gasteiger charge is -2.26. The number of nitrogens with one attached hydrogen (secondary N) is 1. The Morgan fingerprint density at radius 3 is 2.55 bits per heavy atom. The van der Waals surface area contributed by atoms with Crippen LogP contribution in [0.4, 0.5) is 5.69 Å². The van der Waals surface area contributed by atoms with Crippen LogP contribution in [0.15, 0.2) is 42.5 Å². The number of rotatable bonds is 4. The van der Waals surface area contributed by atoms with Gasteiger partial charge in [-0.1, -0.05) is 35.4 Å². The maximum atomic E-state index is 13.3. The van der Waals surface area contributed by atoms with Gasteiger partial charge in [0.25, 0.3) is 11.8 Å². The highest BCUT2D eigenvalue weighted by Crippen LogP contribution is 2.34. The maximum absolute atomic E-state index is 13.3. The summed E-state index contributed by atoms with van der Waals surface area (Å²) in [5.41, 5.74) is 4.89. The van der Waals surface area contributed by atoms with Crippen LogP contribution < -0.4 is 5.32 Å². The van der Waals surface area contributed by atoms with Gasteiger partial charge in [-0.2, -0.15) is 0 Å². The first kappa shape index (κ1) is 19.6. The molecule has 2 fully saturated rings. The highest BCUT2D eigenvalue weighted by atomic mass is 16.5. The smallest absolute Gasteiger partial charge is 0.254 e. The molecular formula is C24H28N2O3. The normalized spacial score (nSPS) is 21.4. The van der Waals surface area contributed by atoms with Crippen LogP contribution in [0, 0.1) is 13.8 Å². The summed E-state index contributed by atoms with van der Waals surface area (Å²) >= 11 is 0. The van der Waals surface area contributed by atoms with E-state index in [2.05, 4.69) is 37.4 Å². The fourth-order valence-corrected chi connectivity index (χ4v) is 4.46. The van der Waals surface area contributed by atoms with Crippen molar-refractivity contribution in [2.24, 2.45) is 0 Å². The first-order valence-electron chi connectivity index (χ1n) is 10.4. The lowest BCUT2D eigenvalue weighted by Crippen LogP contribution is -2.31. The maximum Gasteiger partial charge on any atom is 0.254 e. The molecule has 152 valence electrons. The van der Waals surface area contributed by atoms with E-state index >= 15 is 0 Å². The Labute approximate surface area is 172 Å². The molecule has 2 saturated heterocycles. The third-order valence-electron chi connectivity index (χ3n) is 5.74. The van der Waals surface area contributed by atoms with Crippen LogP contribution in [0.1, 0.15) is 58.8 Å². The van der Waals surface area contributed by atoms with Crippen molar-refractivity contribution in [2.75, 3.05) is 18.5 Å². The van der Waals surface area contributed by atoms with Gasteiger partial charge in [-0.3, -0.25) is 9.59 Å². The Kier molecular flexibility index (Phi) is 5.67. The number of nitrogens with zero attached hydrogens (tertiary/aromatic N) is 1. The second kappa shape index (κ2) is 8.37. The Bertz CT molecular complexity index is 898. The van der Waals surface area contributed by atoms with E-state index < -0.39 is 0 Å². The first-order chi connectivity index (χ1) is 14.0.